The first-order valence-corrected chi connectivity index (χ1v) is 8.61. The minimum absolute atomic E-state index is 0.0260. The third-order valence-corrected chi connectivity index (χ3v) is 4.47. The zero-order valence-electron chi connectivity index (χ0n) is 13.7. The number of carbonyl (C=O) groups is 1. The smallest absolute Gasteiger partial charge is 0.220 e. The molecular formula is C17H27NO2S. The number of thioether (sulfide) groups is 1. The topological polar surface area (TPSA) is 49.3 Å². The summed E-state index contributed by atoms with van der Waals surface area (Å²) in [7, 11) is 0. The standard InChI is InChI=1S/C17H27NO2S/c1-13-6-8-14(9-7-13)16(2,3)10-15(19)18-11-17(4,20)12-21-5/h6-9,20H,10-12H2,1-5H3,(H,18,19). The van der Waals surface area contributed by atoms with Gasteiger partial charge in [-0.25, -0.2) is 0 Å². The zero-order chi connectivity index (χ0) is 16.1. The molecule has 118 valence electrons. The fourth-order valence-corrected chi connectivity index (χ4v) is 2.95. The minimum Gasteiger partial charge on any atom is -0.387 e. The Morgan fingerprint density at radius 3 is 2.33 bits per heavy atom. The van der Waals surface area contributed by atoms with Crippen molar-refractivity contribution in [1.29, 1.82) is 0 Å². The normalized spacial score (nSPS) is 14.6. The van der Waals surface area contributed by atoms with Crippen LogP contribution in [-0.2, 0) is 10.2 Å². The number of hydrogen-bond donors (Lipinski definition) is 2. The van der Waals surface area contributed by atoms with Gasteiger partial charge in [0.2, 0.25) is 5.91 Å². The van der Waals surface area contributed by atoms with Gasteiger partial charge in [-0.15, -0.1) is 0 Å². The van der Waals surface area contributed by atoms with Crippen LogP contribution in [0.2, 0.25) is 0 Å². The molecule has 0 heterocycles. The monoisotopic (exact) mass is 309 g/mol. The SMILES string of the molecule is CSCC(C)(O)CNC(=O)CC(C)(C)c1ccc(C)cc1. The van der Waals surface area contributed by atoms with Gasteiger partial charge >= 0.3 is 0 Å². The summed E-state index contributed by atoms with van der Waals surface area (Å²) >= 11 is 1.57. The third kappa shape index (κ3) is 6.10. The number of aryl methyl sites for hydroxylation is 1. The molecule has 2 N–H and O–H groups in total. The Morgan fingerprint density at radius 2 is 1.81 bits per heavy atom. The molecule has 1 aromatic rings. The Bertz CT molecular complexity index is 466. The number of benzene rings is 1. The van der Waals surface area contributed by atoms with E-state index in [1.807, 2.05) is 6.26 Å². The second-order valence-electron chi connectivity index (χ2n) is 6.63. The molecule has 0 fully saturated rings. The molecule has 0 aliphatic carbocycles. The molecule has 0 aromatic heterocycles. The fourth-order valence-electron chi connectivity index (χ4n) is 2.22. The van der Waals surface area contributed by atoms with Crippen molar-refractivity contribution >= 4 is 17.7 Å². The maximum Gasteiger partial charge on any atom is 0.220 e. The van der Waals surface area contributed by atoms with Crippen molar-refractivity contribution in [3.05, 3.63) is 35.4 Å². The average molecular weight is 309 g/mol. The van der Waals surface area contributed by atoms with Crippen LogP contribution in [0.15, 0.2) is 24.3 Å². The number of aliphatic hydroxyl groups is 1. The van der Waals surface area contributed by atoms with E-state index in [2.05, 4.69) is 50.4 Å². The minimum atomic E-state index is -0.858. The van der Waals surface area contributed by atoms with Gasteiger partial charge in [0.05, 0.1) is 5.60 Å². The van der Waals surface area contributed by atoms with Crippen LogP contribution >= 0.6 is 11.8 Å². The van der Waals surface area contributed by atoms with E-state index in [0.29, 0.717) is 12.2 Å². The number of carbonyl (C=O) groups excluding carboxylic acids is 1. The summed E-state index contributed by atoms with van der Waals surface area (Å²) < 4.78 is 0. The first-order chi connectivity index (χ1) is 9.66. The average Bonchev–Trinajstić information content (AvgIpc) is 2.36. The lowest BCUT2D eigenvalue weighted by Crippen LogP contribution is -2.43. The van der Waals surface area contributed by atoms with Gasteiger partial charge in [-0.05, 0) is 31.1 Å². The molecule has 1 amide bonds. The van der Waals surface area contributed by atoms with E-state index in [0.717, 1.165) is 5.56 Å². The molecule has 1 atom stereocenters. The van der Waals surface area contributed by atoms with Crippen LogP contribution in [0.4, 0.5) is 0 Å². The summed E-state index contributed by atoms with van der Waals surface area (Å²) in [4.78, 5) is 12.1. The highest BCUT2D eigenvalue weighted by Crippen LogP contribution is 2.27. The Labute approximate surface area is 132 Å². The van der Waals surface area contributed by atoms with E-state index in [9.17, 15) is 9.90 Å². The van der Waals surface area contributed by atoms with Gasteiger partial charge in [0.1, 0.15) is 0 Å². The predicted octanol–water partition coefficient (Wildman–Crippen LogP) is 2.89. The Hall–Kier alpha value is -1.00. The first-order valence-electron chi connectivity index (χ1n) is 7.21. The lowest BCUT2D eigenvalue weighted by Gasteiger charge is -2.27. The van der Waals surface area contributed by atoms with Crippen LogP contribution in [0.25, 0.3) is 0 Å². The van der Waals surface area contributed by atoms with Gasteiger partial charge in [-0.3, -0.25) is 4.79 Å². The van der Waals surface area contributed by atoms with Crippen LogP contribution in [0.1, 0.15) is 38.3 Å². The van der Waals surface area contributed by atoms with Crippen molar-refractivity contribution in [3.63, 3.8) is 0 Å². The largest absolute Gasteiger partial charge is 0.387 e. The molecule has 4 heteroatoms. The van der Waals surface area contributed by atoms with E-state index < -0.39 is 5.60 Å². The molecule has 1 unspecified atom stereocenters. The van der Waals surface area contributed by atoms with Gasteiger partial charge in [0.15, 0.2) is 0 Å². The van der Waals surface area contributed by atoms with Crippen molar-refractivity contribution in [2.75, 3.05) is 18.6 Å². The molecule has 0 radical (unpaired) electrons. The van der Waals surface area contributed by atoms with E-state index in [1.54, 1.807) is 18.7 Å². The predicted molar refractivity (Wildman–Crippen MR) is 90.8 cm³/mol. The van der Waals surface area contributed by atoms with Crippen LogP contribution in [0.5, 0.6) is 0 Å². The molecule has 0 spiro atoms. The first kappa shape index (κ1) is 18.1. The van der Waals surface area contributed by atoms with E-state index in [4.69, 9.17) is 0 Å². The highest BCUT2D eigenvalue weighted by Gasteiger charge is 2.26. The lowest BCUT2D eigenvalue weighted by molar-refractivity contribution is -0.123. The summed E-state index contributed by atoms with van der Waals surface area (Å²) in [5, 5.41) is 12.9. The summed E-state index contributed by atoms with van der Waals surface area (Å²) in [5.74, 6) is 0.580. The van der Waals surface area contributed by atoms with Crippen LogP contribution in [-0.4, -0.2) is 35.2 Å². The second kappa shape index (κ2) is 7.32. The summed E-state index contributed by atoms with van der Waals surface area (Å²) in [6, 6.07) is 8.29. The van der Waals surface area contributed by atoms with Crippen LogP contribution in [0, 0.1) is 6.92 Å². The van der Waals surface area contributed by atoms with E-state index in [1.165, 1.54) is 5.56 Å². The van der Waals surface area contributed by atoms with Gasteiger partial charge < -0.3 is 10.4 Å². The molecule has 0 saturated carbocycles. The van der Waals surface area contributed by atoms with E-state index >= 15 is 0 Å². The van der Waals surface area contributed by atoms with Crippen molar-refractivity contribution < 1.29 is 9.90 Å². The summed E-state index contributed by atoms with van der Waals surface area (Å²) in [6.45, 7) is 8.22. The van der Waals surface area contributed by atoms with Gasteiger partial charge in [0.25, 0.3) is 0 Å². The fraction of sp³-hybridized carbons (Fsp3) is 0.588. The molecule has 3 nitrogen and oxygen atoms in total. The quantitative estimate of drug-likeness (QED) is 0.814. The van der Waals surface area contributed by atoms with Crippen molar-refractivity contribution in [3.8, 4) is 0 Å². The van der Waals surface area contributed by atoms with Crippen molar-refractivity contribution in [2.45, 2.75) is 45.1 Å². The second-order valence-corrected chi connectivity index (χ2v) is 7.50. The Morgan fingerprint density at radius 1 is 1.24 bits per heavy atom. The molecule has 1 aromatic carbocycles. The highest BCUT2D eigenvalue weighted by atomic mass is 32.2. The molecule has 0 aliphatic heterocycles. The summed E-state index contributed by atoms with van der Waals surface area (Å²) in [5.41, 5.74) is 1.29. The third-order valence-electron chi connectivity index (χ3n) is 3.56. The maximum absolute atomic E-state index is 12.1. The van der Waals surface area contributed by atoms with Crippen molar-refractivity contribution in [2.24, 2.45) is 0 Å². The van der Waals surface area contributed by atoms with Gasteiger partial charge in [-0.1, -0.05) is 43.7 Å². The zero-order valence-corrected chi connectivity index (χ0v) is 14.5. The van der Waals surface area contributed by atoms with Crippen LogP contribution < -0.4 is 5.32 Å². The molecular weight excluding hydrogens is 282 g/mol. The lowest BCUT2D eigenvalue weighted by atomic mass is 9.81. The molecule has 0 bridgehead atoms. The van der Waals surface area contributed by atoms with Gasteiger partial charge in [0, 0.05) is 18.7 Å². The Balaban J connectivity index is 2.59. The molecule has 21 heavy (non-hydrogen) atoms. The molecule has 1 rings (SSSR count). The summed E-state index contributed by atoms with van der Waals surface area (Å²) in [6.07, 6.45) is 2.35. The highest BCUT2D eigenvalue weighted by molar-refractivity contribution is 7.98. The van der Waals surface area contributed by atoms with Crippen LogP contribution in [0.3, 0.4) is 0 Å². The molecule has 0 saturated heterocycles. The number of hydrogen-bond acceptors (Lipinski definition) is 3. The van der Waals surface area contributed by atoms with Gasteiger partial charge in [-0.2, -0.15) is 11.8 Å². The number of nitrogens with one attached hydrogen (secondary N) is 1. The number of rotatable bonds is 7. The van der Waals surface area contributed by atoms with Crippen molar-refractivity contribution in [1.82, 2.24) is 5.32 Å². The van der Waals surface area contributed by atoms with E-state index in [-0.39, 0.29) is 17.9 Å². The Kier molecular flexibility index (Phi) is 6.29. The maximum atomic E-state index is 12.1. The number of amides is 1. The molecule has 0 aliphatic rings.